The number of Topliss-reactive ketones (excluding diaryl/α,β-unsaturated/α-hetero) is 2. The summed E-state index contributed by atoms with van der Waals surface area (Å²) in [5.41, 5.74) is 0.798. The zero-order chi connectivity index (χ0) is 38.7. The minimum Gasteiger partial charge on any atom is -0.469 e. The molecule has 10 nitrogen and oxygen atoms in total. The summed E-state index contributed by atoms with van der Waals surface area (Å²) in [4.78, 5) is 70.1. The number of fused-ring (bicyclic) bond motifs is 5. The Bertz CT molecular complexity index is 1540. The number of hydrogen-bond donors (Lipinski definition) is 2. The molecule has 2 aliphatic carbocycles. The fourth-order valence-electron chi connectivity index (χ4n) is 8.96. The van der Waals surface area contributed by atoms with Gasteiger partial charge in [0.25, 0.3) is 0 Å². The molecule has 288 valence electrons. The van der Waals surface area contributed by atoms with E-state index in [1.54, 1.807) is 13.8 Å². The van der Waals surface area contributed by atoms with Gasteiger partial charge in [-0.25, -0.2) is 0 Å². The number of ether oxygens (including phenoxy) is 3. The minimum atomic E-state index is -1.71. The number of hydrogen-bond acceptors (Lipinski definition) is 10. The van der Waals surface area contributed by atoms with E-state index in [4.69, 9.17) is 14.2 Å². The number of rotatable bonds is 3. The standard InChI is InChI=1S/C42H60O10/c1-23(2)30-20-34(45)26(5)12-10-11-24(3)17-29(44)22-42(40(48)50-9)32-18-25(4)13-14-37-41(8,49)16-15-35(52-37)39(47)36(51-28(7)43)21-31(32)27(6)19-33(42)38(30)46/h12,17-18,23,30,32-33,35-37,39,47,49H,10-11,13-16,19-22H2,1-9H3/b24-17-,25-18-,26-12+/t30-,32-,33-,35+,36-,37-,39+,41+,42-/m0/s1. The lowest BCUT2D eigenvalue weighted by Gasteiger charge is -2.49. The highest BCUT2D eigenvalue weighted by Gasteiger charge is 2.60. The number of esters is 2. The Balaban J connectivity index is 2.03. The molecule has 2 aliphatic heterocycles. The van der Waals surface area contributed by atoms with Crippen LogP contribution in [0.25, 0.3) is 0 Å². The first-order valence-corrected chi connectivity index (χ1v) is 18.9. The first kappa shape index (κ1) is 41.5. The van der Waals surface area contributed by atoms with E-state index >= 15 is 4.79 Å². The largest absolute Gasteiger partial charge is 0.469 e. The van der Waals surface area contributed by atoms with Crippen molar-refractivity contribution in [1.29, 1.82) is 0 Å². The van der Waals surface area contributed by atoms with Gasteiger partial charge in [-0.3, -0.25) is 24.0 Å². The number of methoxy groups -OCH3 is 1. The maximum Gasteiger partial charge on any atom is 0.313 e. The highest BCUT2D eigenvalue weighted by Crippen LogP contribution is 2.56. The highest BCUT2D eigenvalue weighted by atomic mass is 16.6. The van der Waals surface area contributed by atoms with Gasteiger partial charge < -0.3 is 24.4 Å². The van der Waals surface area contributed by atoms with E-state index in [0.717, 1.165) is 16.7 Å². The maximum atomic E-state index is 15.1. The van der Waals surface area contributed by atoms with Crippen molar-refractivity contribution >= 4 is 29.3 Å². The fraction of sp³-hybridized carbons (Fsp3) is 0.690. The van der Waals surface area contributed by atoms with Crippen molar-refractivity contribution in [2.45, 2.75) is 150 Å². The van der Waals surface area contributed by atoms with Crippen LogP contribution >= 0.6 is 0 Å². The molecule has 0 aromatic carbocycles. The van der Waals surface area contributed by atoms with Gasteiger partial charge in [-0.2, -0.15) is 0 Å². The Labute approximate surface area is 309 Å². The van der Waals surface area contributed by atoms with Crippen molar-refractivity contribution in [3.05, 3.63) is 46.1 Å². The second-order valence-corrected chi connectivity index (χ2v) is 16.5. The van der Waals surface area contributed by atoms with Crippen LogP contribution in [0.2, 0.25) is 0 Å². The van der Waals surface area contributed by atoms with Gasteiger partial charge in [0.05, 0.1) is 30.3 Å². The minimum absolute atomic E-state index is 0.0146. The molecule has 9 atom stereocenters. The molecule has 4 aliphatic rings. The van der Waals surface area contributed by atoms with Crippen molar-refractivity contribution in [3.63, 3.8) is 0 Å². The van der Waals surface area contributed by atoms with Gasteiger partial charge in [0.2, 0.25) is 0 Å². The van der Waals surface area contributed by atoms with Crippen LogP contribution in [0.1, 0.15) is 120 Å². The van der Waals surface area contributed by atoms with Gasteiger partial charge in [-0.1, -0.05) is 48.3 Å². The molecule has 2 bridgehead atoms. The Morgan fingerprint density at radius 1 is 1.00 bits per heavy atom. The first-order valence-electron chi connectivity index (χ1n) is 18.9. The average Bonchev–Trinajstić information content (AvgIpc) is 3.06. The molecule has 1 saturated heterocycles. The zero-order valence-corrected chi connectivity index (χ0v) is 32.6. The summed E-state index contributed by atoms with van der Waals surface area (Å²) < 4.78 is 17.7. The van der Waals surface area contributed by atoms with Gasteiger partial charge in [-0.05, 0) is 97.1 Å². The highest BCUT2D eigenvalue weighted by molar-refractivity contribution is 6.01. The second-order valence-electron chi connectivity index (χ2n) is 16.5. The topological polar surface area (TPSA) is 154 Å². The number of carbonyl (C=O) groups is 5. The van der Waals surface area contributed by atoms with Gasteiger partial charge >= 0.3 is 11.9 Å². The molecule has 0 unspecified atom stereocenters. The molecule has 0 saturated carbocycles. The molecular weight excluding hydrogens is 664 g/mol. The summed E-state index contributed by atoms with van der Waals surface area (Å²) in [5, 5.41) is 23.1. The fourth-order valence-corrected chi connectivity index (χ4v) is 8.96. The summed E-state index contributed by atoms with van der Waals surface area (Å²) in [6.45, 7) is 14.2. The van der Waals surface area contributed by atoms with E-state index in [9.17, 15) is 29.4 Å². The average molecular weight is 725 g/mol. The smallest absolute Gasteiger partial charge is 0.313 e. The Morgan fingerprint density at radius 2 is 1.69 bits per heavy atom. The van der Waals surface area contributed by atoms with Gasteiger partial charge in [0, 0.05) is 43.9 Å². The number of ketones is 3. The van der Waals surface area contributed by atoms with Crippen LogP contribution in [-0.2, 0) is 38.2 Å². The van der Waals surface area contributed by atoms with E-state index < -0.39 is 65.1 Å². The molecule has 52 heavy (non-hydrogen) atoms. The van der Waals surface area contributed by atoms with E-state index in [1.807, 2.05) is 46.8 Å². The van der Waals surface area contributed by atoms with Gasteiger partial charge in [0.15, 0.2) is 11.6 Å². The van der Waals surface area contributed by atoms with Crippen molar-refractivity contribution in [2.24, 2.45) is 29.1 Å². The van der Waals surface area contributed by atoms with E-state index in [0.29, 0.717) is 49.7 Å². The van der Waals surface area contributed by atoms with Gasteiger partial charge in [-0.15, -0.1) is 0 Å². The van der Waals surface area contributed by atoms with Crippen molar-refractivity contribution in [3.8, 4) is 0 Å². The van der Waals surface area contributed by atoms with Crippen LogP contribution in [0.4, 0.5) is 0 Å². The number of allylic oxidation sites excluding steroid dienone is 7. The Morgan fingerprint density at radius 3 is 2.33 bits per heavy atom. The van der Waals surface area contributed by atoms with Crippen molar-refractivity contribution < 1.29 is 48.4 Å². The molecule has 0 spiro atoms. The van der Waals surface area contributed by atoms with E-state index in [2.05, 4.69) is 0 Å². The second kappa shape index (κ2) is 16.9. The zero-order valence-electron chi connectivity index (χ0n) is 32.6. The first-order chi connectivity index (χ1) is 24.3. The summed E-state index contributed by atoms with van der Waals surface area (Å²) in [6, 6.07) is 0. The summed E-state index contributed by atoms with van der Waals surface area (Å²) in [7, 11) is 1.26. The lowest BCUT2D eigenvalue weighted by atomic mass is 9.52. The van der Waals surface area contributed by atoms with E-state index in [1.165, 1.54) is 20.1 Å². The van der Waals surface area contributed by atoms with Crippen LogP contribution in [0.15, 0.2) is 46.1 Å². The third kappa shape index (κ3) is 8.93. The maximum absolute atomic E-state index is 15.1. The quantitative estimate of drug-likeness (QED) is 0.252. The lowest BCUT2D eigenvalue weighted by molar-refractivity contribution is -0.209. The third-order valence-electron chi connectivity index (χ3n) is 12.1. The Hall–Kier alpha value is -3.21. The molecule has 0 aromatic rings. The molecule has 2 N–H and O–H groups in total. The summed E-state index contributed by atoms with van der Waals surface area (Å²) in [5.74, 6) is -4.85. The third-order valence-corrected chi connectivity index (χ3v) is 12.1. The van der Waals surface area contributed by atoms with Crippen LogP contribution in [-0.4, -0.2) is 76.6 Å². The molecule has 0 radical (unpaired) electrons. The summed E-state index contributed by atoms with van der Waals surface area (Å²) >= 11 is 0. The lowest BCUT2D eigenvalue weighted by Crippen LogP contribution is -2.55. The van der Waals surface area contributed by atoms with Crippen LogP contribution < -0.4 is 0 Å². The number of aliphatic hydroxyl groups is 2. The monoisotopic (exact) mass is 724 g/mol. The van der Waals surface area contributed by atoms with Crippen LogP contribution in [0.3, 0.4) is 0 Å². The number of aliphatic hydroxyl groups excluding tert-OH is 1. The van der Waals surface area contributed by atoms with E-state index in [-0.39, 0.29) is 49.0 Å². The van der Waals surface area contributed by atoms with Gasteiger partial charge in [0.1, 0.15) is 18.0 Å². The Kier molecular flexibility index (Phi) is 13.5. The molecule has 0 amide bonds. The van der Waals surface area contributed by atoms with Crippen LogP contribution in [0, 0.1) is 29.1 Å². The molecule has 0 aromatic heterocycles. The molecular formula is C42H60O10. The van der Waals surface area contributed by atoms with Crippen molar-refractivity contribution in [1.82, 2.24) is 0 Å². The number of carbonyl (C=O) groups excluding carboxylic acids is 5. The SMILES string of the molecule is COC(=O)[C@]12CC(=O)/C=C(/C)CC/C=C(\C)C(=O)C[C@@H](C(C)C)C(=O)[C@@H]1CC(C)=C1C[C@H](OC(C)=O)[C@H](O)[C@H]3CC[C@@](C)(O)[C@H](CC/C(C)=C\[C@@H]12)O3. The predicted molar refractivity (Wildman–Crippen MR) is 196 cm³/mol. The molecule has 10 heteroatoms. The molecule has 1 fully saturated rings. The molecule has 4 rings (SSSR count). The molecule has 2 heterocycles. The normalized spacial score (nSPS) is 38.8. The van der Waals surface area contributed by atoms with Crippen LogP contribution in [0.5, 0.6) is 0 Å². The van der Waals surface area contributed by atoms with Crippen molar-refractivity contribution in [2.75, 3.05) is 7.11 Å². The predicted octanol–water partition coefficient (Wildman–Crippen LogP) is 6.27. The summed E-state index contributed by atoms with van der Waals surface area (Å²) in [6.07, 6.45) is 4.11.